The van der Waals surface area contributed by atoms with E-state index in [2.05, 4.69) is 21.2 Å². The molecule has 5 heteroatoms. The van der Waals surface area contributed by atoms with Gasteiger partial charge in [-0.2, -0.15) is 0 Å². The normalized spacial score (nSPS) is 17.2. The van der Waals surface area contributed by atoms with Crippen LogP contribution in [0.2, 0.25) is 0 Å². The summed E-state index contributed by atoms with van der Waals surface area (Å²) < 4.78 is 2.82. The van der Waals surface area contributed by atoms with Crippen molar-refractivity contribution in [2.75, 3.05) is 6.61 Å². The van der Waals surface area contributed by atoms with Crippen LogP contribution in [0, 0.1) is 0 Å². The van der Waals surface area contributed by atoms with Gasteiger partial charge >= 0.3 is 0 Å². The monoisotopic (exact) mass is 300 g/mol. The van der Waals surface area contributed by atoms with Crippen molar-refractivity contribution in [3.63, 3.8) is 0 Å². The summed E-state index contributed by atoms with van der Waals surface area (Å²) in [6.07, 6.45) is 3.62. The van der Waals surface area contributed by atoms with Crippen molar-refractivity contribution in [2.45, 2.75) is 38.3 Å². The molecule has 0 saturated heterocycles. The summed E-state index contributed by atoms with van der Waals surface area (Å²) >= 11 is 3.38. The molecule has 1 aliphatic carbocycles. The SMILES string of the molecule is CC(C)n1cc(Br)cc1C(=O)NC1(CO)CC1. The van der Waals surface area contributed by atoms with Crippen LogP contribution in [0.5, 0.6) is 0 Å². The molecule has 4 nitrogen and oxygen atoms in total. The van der Waals surface area contributed by atoms with Gasteiger partial charge in [0.05, 0.1) is 12.1 Å². The van der Waals surface area contributed by atoms with E-state index in [0.717, 1.165) is 17.3 Å². The van der Waals surface area contributed by atoms with Crippen LogP contribution in [-0.4, -0.2) is 27.7 Å². The van der Waals surface area contributed by atoms with Crippen LogP contribution in [0.15, 0.2) is 16.7 Å². The fraction of sp³-hybridized carbons (Fsp3) is 0.583. The molecule has 0 aliphatic heterocycles. The smallest absolute Gasteiger partial charge is 0.268 e. The molecule has 0 radical (unpaired) electrons. The fourth-order valence-corrected chi connectivity index (χ4v) is 2.27. The first kappa shape index (κ1) is 12.6. The number of carbonyl (C=O) groups is 1. The molecule has 1 aliphatic rings. The number of amides is 1. The highest BCUT2D eigenvalue weighted by Gasteiger charge is 2.43. The Bertz CT molecular complexity index is 436. The van der Waals surface area contributed by atoms with Gasteiger partial charge in [-0.05, 0) is 48.7 Å². The molecule has 0 unspecified atom stereocenters. The molecule has 1 saturated carbocycles. The quantitative estimate of drug-likeness (QED) is 0.894. The van der Waals surface area contributed by atoms with Gasteiger partial charge in [0.2, 0.25) is 0 Å². The summed E-state index contributed by atoms with van der Waals surface area (Å²) in [6.45, 7) is 4.08. The van der Waals surface area contributed by atoms with Crippen LogP contribution in [0.3, 0.4) is 0 Å². The standard InChI is InChI=1S/C12H17BrN2O2/c1-8(2)15-6-9(13)5-10(15)11(17)14-12(7-16)3-4-12/h5-6,8,16H,3-4,7H2,1-2H3,(H,14,17). The Balaban J connectivity index is 2.19. The maximum Gasteiger partial charge on any atom is 0.268 e. The zero-order valence-electron chi connectivity index (χ0n) is 10.0. The minimum atomic E-state index is -0.365. The molecule has 1 fully saturated rings. The lowest BCUT2D eigenvalue weighted by Gasteiger charge is -2.17. The molecule has 0 spiro atoms. The Morgan fingerprint density at radius 3 is 2.76 bits per heavy atom. The average molecular weight is 301 g/mol. The van der Waals surface area contributed by atoms with Crippen LogP contribution in [0.4, 0.5) is 0 Å². The summed E-state index contributed by atoms with van der Waals surface area (Å²) in [4.78, 5) is 12.1. The molecule has 2 rings (SSSR count). The number of hydrogen-bond acceptors (Lipinski definition) is 2. The van der Waals surface area contributed by atoms with E-state index in [-0.39, 0.29) is 24.1 Å². The molecule has 0 atom stereocenters. The maximum absolute atomic E-state index is 12.1. The third-order valence-electron chi connectivity index (χ3n) is 3.14. The Kier molecular flexibility index (Phi) is 3.32. The van der Waals surface area contributed by atoms with E-state index in [4.69, 9.17) is 0 Å². The molecule has 0 aromatic carbocycles. The molecule has 1 amide bonds. The van der Waals surface area contributed by atoms with Gasteiger partial charge in [-0.25, -0.2) is 0 Å². The first-order valence-corrected chi connectivity index (χ1v) is 6.57. The van der Waals surface area contributed by atoms with E-state index in [1.807, 2.05) is 30.7 Å². The lowest BCUT2D eigenvalue weighted by Crippen LogP contribution is -2.40. The molecule has 1 aromatic rings. The second-order valence-corrected chi connectivity index (χ2v) is 5.85. The number of rotatable bonds is 4. The third-order valence-corrected chi connectivity index (χ3v) is 3.57. The molecule has 1 heterocycles. The molecule has 94 valence electrons. The third kappa shape index (κ3) is 2.55. The molecule has 17 heavy (non-hydrogen) atoms. The minimum Gasteiger partial charge on any atom is -0.394 e. The van der Waals surface area contributed by atoms with Gasteiger partial charge < -0.3 is 15.0 Å². The van der Waals surface area contributed by atoms with E-state index in [1.54, 1.807) is 0 Å². The van der Waals surface area contributed by atoms with Crippen molar-refractivity contribution in [1.82, 2.24) is 9.88 Å². The number of nitrogens with one attached hydrogen (secondary N) is 1. The lowest BCUT2D eigenvalue weighted by molar-refractivity contribution is 0.0896. The van der Waals surface area contributed by atoms with Crippen LogP contribution >= 0.6 is 15.9 Å². The van der Waals surface area contributed by atoms with E-state index < -0.39 is 0 Å². The van der Waals surface area contributed by atoms with E-state index >= 15 is 0 Å². The second kappa shape index (κ2) is 4.46. The highest BCUT2D eigenvalue weighted by molar-refractivity contribution is 9.10. The molecular formula is C12H17BrN2O2. The van der Waals surface area contributed by atoms with Gasteiger partial charge in [-0.15, -0.1) is 0 Å². The maximum atomic E-state index is 12.1. The topological polar surface area (TPSA) is 54.3 Å². The van der Waals surface area contributed by atoms with Crippen molar-refractivity contribution < 1.29 is 9.90 Å². The Morgan fingerprint density at radius 1 is 1.65 bits per heavy atom. The van der Waals surface area contributed by atoms with Gasteiger partial charge in [0.1, 0.15) is 5.69 Å². The second-order valence-electron chi connectivity index (χ2n) is 4.94. The zero-order valence-corrected chi connectivity index (χ0v) is 11.6. The van der Waals surface area contributed by atoms with Crippen LogP contribution < -0.4 is 5.32 Å². The molecular weight excluding hydrogens is 284 g/mol. The van der Waals surface area contributed by atoms with Crippen LogP contribution in [0.25, 0.3) is 0 Å². The predicted octanol–water partition coefficient (Wildman–Crippen LogP) is 2.09. The fourth-order valence-electron chi connectivity index (χ4n) is 1.83. The van der Waals surface area contributed by atoms with Crippen molar-refractivity contribution in [1.29, 1.82) is 0 Å². The Labute approximate surface area is 109 Å². The number of halogens is 1. The minimum absolute atomic E-state index is 0.0162. The number of aromatic nitrogens is 1. The Morgan fingerprint density at radius 2 is 2.29 bits per heavy atom. The highest BCUT2D eigenvalue weighted by Crippen LogP contribution is 2.35. The van der Waals surface area contributed by atoms with E-state index in [1.165, 1.54) is 0 Å². The molecule has 2 N–H and O–H groups in total. The van der Waals surface area contributed by atoms with Crippen molar-refractivity contribution in [2.24, 2.45) is 0 Å². The van der Waals surface area contributed by atoms with Crippen molar-refractivity contribution >= 4 is 21.8 Å². The van der Waals surface area contributed by atoms with Gasteiger partial charge in [0, 0.05) is 16.7 Å². The average Bonchev–Trinajstić information content (AvgIpc) is 2.92. The van der Waals surface area contributed by atoms with Gasteiger partial charge in [-0.3, -0.25) is 4.79 Å². The van der Waals surface area contributed by atoms with Crippen LogP contribution in [-0.2, 0) is 0 Å². The van der Waals surface area contributed by atoms with Gasteiger partial charge in [0.25, 0.3) is 5.91 Å². The van der Waals surface area contributed by atoms with Crippen molar-refractivity contribution in [3.05, 3.63) is 22.4 Å². The summed E-state index contributed by atoms with van der Waals surface area (Å²) in [5, 5.41) is 12.1. The van der Waals surface area contributed by atoms with E-state index in [0.29, 0.717) is 5.69 Å². The first-order chi connectivity index (χ1) is 7.97. The van der Waals surface area contributed by atoms with E-state index in [9.17, 15) is 9.90 Å². The Hall–Kier alpha value is -0.810. The van der Waals surface area contributed by atoms with Crippen LogP contribution in [0.1, 0.15) is 43.2 Å². The summed E-state index contributed by atoms with van der Waals surface area (Å²) in [7, 11) is 0. The number of carbonyl (C=O) groups excluding carboxylic acids is 1. The number of nitrogens with zero attached hydrogens (tertiary/aromatic N) is 1. The largest absolute Gasteiger partial charge is 0.394 e. The molecule has 1 aromatic heterocycles. The number of aliphatic hydroxyl groups is 1. The number of aliphatic hydroxyl groups excluding tert-OH is 1. The number of hydrogen-bond donors (Lipinski definition) is 2. The van der Waals surface area contributed by atoms with Crippen molar-refractivity contribution in [3.8, 4) is 0 Å². The zero-order chi connectivity index (χ0) is 12.6. The summed E-state index contributed by atoms with van der Waals surface area (Å²) in [5.41, 5.74) is 0.266. The summed E-state index contributed by atoms with van der Waals surface area (Å²) in [6, 6.07) is 2.04. The predicted molar refractivity (Wildman–Crippen MR) is 69.0 cm³/mol. The summed E-state index contributed by atoms with van der Waals surface area (Å²) in [5.74, 6) is -0.115. The first-order valence-electron chi connectivity index (χ1n) is 5.78. The van der Waals surface area contributed by atoms with Gasteiger partial charge in [-0.1, -0.05) is 0 Å². The lowest BCUT2D eigenvalue weighted by atomic mass is 10.2. The highest BCUT2D eigenvalue weighted by atomic mass is 79.9. The molecule has 0 bridgehead atoms. The van der Waals surface area contributed by atoms with Gasteiger partial charge in [0.15, 0.2) is 0 Å².